The van der Waals surface area contributed by atoms with Crippen LogP contribution >= 0.6 is 12.6 Å². The van der Waals surface area contributed by atoms with Crippen LogP contribution in [0.3, 0.4) is 0 Å². The molecule has 3 atom stereocenters. The molecule has 0 aromatic carbocycles. The minimum Gasteiger partial charge on any atom is -0.480 e. The van der Waals surface area contributed by atoms with Crippen LogP contribution in [-0.4, -0.2) is 85.8 Å². The van der Waals surface area contributed by atoms with Crippen molar-refractivity contribution >= 4 is 24.5 Å². The third-order valence-electron chi connectivity index (χ3n) is 2.02. The van der Waals surface area contributed by atoms with E-state index in [9.17, 15) is 9.59 Å². The third-order valence-corrected chi connectivity index (χ3v) is 2.39. The van der Waals surface area contributed by atoms with Crippen molar-refractivity contribution in [3.63, 3.8) is 0 Å². The fourth-order valence-corrected chi connectivity index (χ4v) is 1.15. The molecule has 0 radical (unpaired) electrons. The predicted molar refractivity (Wildman–Crippen MR) is 71.3 cm³/mol. The van der Waals surface area contributed by atoms with E-state index in [1.54, 1.807) is 0 Å². The Bertz CT molecular complexity index is 280. The lowest BCUT2D eigenvalue weighted by molar-refractivity contribution is -0.140. The van der Waals surface area contributed by atoms with Crippen LogP contribution in [0.25, 0.3) is 0 Å². The van der Waals surface area contributed by atoms with Crippen molar-refractivity contribution < 1.29 is 40.2 Å². The quantitative estimate of drug-likeness (QED) is 0.224. The van der Waals surface area contributed by atoms with E-state index >= 15 is 0 Å². The number of amides is 1. The molecule has 9 nitrogen and oxygen atoms in total. The van der Waals surface area contributed by atoms with E-state index in [1.165, 1.54) is 6.92 Å². The number of carboxylic acid groups (broad SMARTS) is 1. The van der Waals surface area contributed by atoms with Crippen LogP contribution in [0.4, 0.5) is 0 Å². The minimum absolute atomic E-state index is 0.106. The first-order valence-electron chi connectivity index (χ1n) is 5.57. The van der Waals surface area contributed by atoms with Gasteiger partial charge >= 0.3 is 5.97 Å². The zero-order valence-corrected chi connectivity index (χ0v) is 11.8. The number of carbonyl (C=O) groups is 2. The van der Waals surface area contributed by atoms with Crippen LogP contribution in [-0.2, 0) is 9.59 Å². The zero-order valence-electron chi connectivity index (χ0n) is 10.9. The number of hydrogen-bond acceptors (Lipinski definition) is 8. The summed E-state index contributed by atoms with van der Waals surface area (Å²) < 4.78 is 0. The Morgan fingerprint density at radius 3 is 1.65 bits per heavy atom. The third kappa shape index (κ3) is 9.95. The van der Waals surface area contributed by atoms with Gasteiger partial charge in [-0.1, -0.05) is 0 Å². The highest BCUT2D eigenvalue weighted by molar-refractivity contribution is 7.80. The second-order valence-corrected chi connectivity index (χ2v) is 4.13. The molecule has 20 heavy (non-hydrogen) atoms. The van der Waals surface area contributed by atoms with Crippen LogP contribution in [0.2, 0.25) is 0 Å². The van der Waals surface area contributed by atoms with Gasteiger partial charge in [-0.2, -0.15) is 12.6 Å². The van der Waals surface area contributed by atoms with Gasteiger partial charge in [0, 0.05) is 12.7 Å². The number of aliphatic carboxylic acids is 1. The van der Waals surface area contributed by atoms with Gasteiger partial charge in [0.05, 0.1) is 13.2 Å². The second kappa shape index (κ2) is 11.9. The first-order chi connectivity index (χ1) is 9.20. The molecular formula is C10H21NO8S. The van der Waals surface area contributed by atoms with Gasteiger partial charge in [0.25, 0.3) is 0 Å². The smallest absolute Gasteiger partial charge is 0.327 e. The maximum absolute atomic E-state index is 10.3. The van der Waals surface area contributed by atoms with E-state index in [2.05, 4.69) is 17.9 Å². The number of thiol groups is 1. The van der Waals surface area contributed by atoms with E-state index in [-0.39, 0.29) is 11.7 Å². The largest absolute Gasteiger partial charge is 0.480 e. The monoisotopic (exact) mass is 315 g/mol. The molecule has 1 amide bonds. The highest BCUT2D eigenvalue weighted by atomic mass is 32.1. The zero-order chi connectivity index (χ0) is 16.3. The van der Waals surface area contributed by atoms with Crippen molar-refractivity contribution in [2.75, 3.05) is 19.0 Å². The van der Waals surface area contributed by atoms with E-state index in [4.69, 9.17) is 30.6 Å². The lowest BCUT2D eigenvalue weighted by Gasteiger charge is -2.19. The highest BCUT2D eigenvalue weighted by Crippen LogP contribution is 1.98. The minimum atomic E-state index is -1.49. The summed E-state index contributed by atoms with van der Waals surface area (Å²) in [5, 5.41) is 53.1. The van der Waals surface area contributed by atoms with Gasteiger partial charge in [-0.15, -0.1) is 0 Å². The maximum Gasteiger partial charge on any atom is 0.327 e. The molecule has 0 saturated carbocycles. The van der Waals surface area contributed by atoms with Gasteiger partial charge in [-0.25, -0.2) is 4.79 Å². The number of carbonyl (C=O) groups excluding carboxylic acids is 1. The molecule has 0 saturated heterocycles. The number of hydrogen-bond donors (Lipinski definition) is 8. The van der Waals surface area contributed by atoms with Crippen LogP contribution in [0.15, 0.2) is 0 Å². The van der Waals surface area contributed by atoms with Crippen molar-refractivity contribution in [2.24, 2.45) is 0 Å². The van der Waals surface area contributed by atoms with E-state index in [0.717, 1.165) is 0 Å². The Morgan fingerprint density at radius 2 is 1.50 bits per heavy atom. The first kappa shape index (κ1) is 21.4. The SMILES string of the molecule is CC(=O)N[C@@H](CS)C(=O)O.OCC(O)C(O)C(O)CO. The topological polar surface area (TPSA) is 168 Å². The van der Waals surface area contributed by atoms with Crippen molar-refractivity contribution in [2.45, 2.75) is 31.3 Å². The molecule has 0 fully saturated rings. The molecule has 0 rings (SSSR count). The lowest BCUT2D eigenvalue weighted by atomic mass is 10.1. The fourth-order valence-electron chi connectivity index (χ4n) is 0.903. The molecular weight excluding hydrogens is 294 g/mol. The molecule has 0 aliphatic heterocycles. The summed E-state index contributed by atoms with van der Waals surface area (Å²) in [7, 11) is 0. The number of nitrogens with one attached hydrogen (secondary N) is 1. The molecule has 7 N–H and O–H groups in total. The molecule has 0 bridgehead atoms. The molecule has 2 unspecified atom stereocenters. The Morgan fingerprint density at radius 1 is 1.10 bits per heavy atom. The molecule has 0 aliphatic rings. The molecule has 0 spiro atoms. The Labute approximate surface area is 121 Å². The van der Waals surface area contributed by atoms with Crippen LogP contribution in [0, 0.1) is 0 Å². The summed E-state index contributed by atoms with van der Waals surface area (Å²) in [6, 6.07) is -0.874. The van der Waals surface area contributed by atoms with Gasteiger partial charge in [0.15, 0.2) is 0 Å². The fraction of sp³-hybridized carbons (Fsp3) is 0.800. The van der Waals surface area contributed by atoms with E-state index in [0.29, 0.717) is 0 Å². The molecule has 0 aliphatic carbocycles. The van der Waals surface area contributed by atoms with Crippen LogP contribution < -0.4 is 5.32 Å². The number of aliphatic hydroxyl groups is 5. The normalized spacial score (nSPS) is 16.1. The van der Waals surface area contributed by atoms with Crippen LogP contribution in [0.1, 0.15) is 6.92 Å². The summed E-state index contributed by atoms with van der Waals surface area (Å²) in [5.41, 5.74) is 0. The van der Waals surface area contributed by atoms with Crippen LogP contribution in [0.5, 0.6) is 0 Å². The highest BCUT2D eigenvalue weighted by Gasteiger charge is 2.22. The van der Waals surface area contributed by atoms with Gasteiger partial charge in [0.2, 0.25) is 5.91 Å². The number of carboxylic acids is 1. The van der Waals surface area contributed by atoms with Gasteiger partial charge in [0.1, 0.15) is 24.4 Å². The molecule has 0 heterocycles. The first-order valence-corrected chi connectivity index (χ1v) is 6.21. The summed E-state index contributed by atoms with van der Waals surface area (Å²) in [4.78, 5) is 20.5. The lowest BCUT2D eigenvalue weighted by Crippen LogP contribution is -2.41. The average molecular weight is 315 g/mol. The second-order valence-electron chi connectivity index (χ2n) is 3.76. The predicted octanol–water partition coefficient (Wildman–Crippen LogP) is -3.44. The van der Waals surface area contributed by atoms with Crippen molar-refractivity contribution in [3.05, 3.63) is 0 Å². The average Bonchev–Trinajstić information content (AvgIpc) is 2.42. The van der Waals surface area contributed by atoms with E-state index in [1.807, 2.05) is 0 Å². The molecule has 0 aromatic heterocycles. The Kier molecular flexibility index (Phi) is 12.7. The molecule has 120 valence electrons. The molecule has 0 aromatic rings. The van der Waals surface area contributed by atoms with E-state index < -0.39 is 43.5 Å². The number of aliphatic hydroxyl groups excluding tert-OH is 5. The number of rotatable bonds is 7. The van der Waals surface area contributed by atoms with Crippen molar-refractivity contribution in [3.8, 4) is 0 Å². The standard InChI is InChI=1S/C5H9NO3S.C5H12O5/c1-3(7)6-4(2-10)5(8)9;6-1-3(8)5(10)4(9)2-7/h4,10H,2H2,1H3,(H,6,7)(H,8,9);3-10H,1-2H2/t4-;/m0./s1. The summed E-state index contributed by atoms with van der Waals surface area (Å²) >= 11 is 3.73. The van der Waals surface area contributed by atoms with Gasteiger partial charge < -0.3 is 36.0 Å². The summed E-state index contributed by atoms with van der Waals surface area (Å²) in [6.07, 6.45) is -4.29. The summed E-state index contributed by atoms with van der Waals surface area (Å²) in [6.45, 7) is -0.0180. The summed E-state index contributed by atoms with van der Waals surface area (Å²) in [5.74, 6) is -1.32. The van der Waals surface area contributed by atoms with Gasteiger partial charge in [-0.3, -0.25) is 4.79 Å². The molecule has 10 heteroatoms. The maximum atomic E-state index is 10.3. The van der Waals surface area contributed by atoms with Crippen molar-refractivity contribution in [1.29, 1.82) is 0 Å². The Balaban J connectivity index is 0. The Hall–Kier alpha value is -0.910. The van der Waals surface area contributed by atoms with Gasteiger partial charge in [-0.05, 0) is 0 Å². The van der Waals surface area contributed by atoms with Crippen molar-refractivity contribution in [1.82, 2.24) is 5.32 Å².